The highest BCUT2D eigenvalue weighted by Crippen LogP contribution is 2.36. The van der Waals surface area contributed by atoms with Crippen LogP contribution in [0.1, 0.15) is 36.8 Å². The molecular weight excluding hydrogens is 765 g/mol. The van der Waals surface area contributed by atoms with Crippen LogP contribution in [0, 0.1) is 11.6 Å². The molecule has 2 fully saturated rings. The summed E-state index contributed by atoms with van der Waals surface area (Å²) in [6, 6.07) is 7.72. The number of methoxy groups -OCH3 is 2. The molecule has 0 saturated heterocycles. The van der Waals surface area contributed by atoms with Crippen molar-refractivity contribution < 1.29 is 44.7 Å². The number of hydrogen-bond acceptors (Lipinski definition) is 16. The number of rotatable bonds is 16. The SMILES string of the molecule is COC1CC(Oc2cc(F)ccc2Nc2ncnc(Cl)c2/C=N/OS(=O)(=O)O/N=C/c2c(Cl)ncnc2Nc2ccc(F)cc2OC2CC(OC)C2)C1. The van der Waals surface area contributed by atoms with E-state index in [1.807, 2.05) is 0 Å². The Morgan fingerprint density at radius 3 is 1.51 bits per heavy atom. The van der Waals surface area contributed by atoms with E-state index in [4.69, 9.17) is 42.1 Å². The van der Waals surface area contributed by atoms with E-state index in [0.717, 1.165) is 25.1 Å². The molecule has 0 radical (unpaired) electrons. The smallest absolute Gasteiger partial charge is 0.488 e. The monoisotopic (exact) mass is 794 g/mol. The number of hydrogen-bond donors (Lipinski definition) is 2. The third-order valence-corrected chi connectivity index (χ3v) is 9.19. The number of nitrogens with zero attached hydrogens (tertiary/aromatic N) is 6. The van der Waals surface area contributed by atoms with Crippen molar-refractivity contribution in [2.45, 2.75) is 50.1 Å². The minimum absolute atomic E-state index is 0.00938. The summed E-state index contributed by atoms with van der Waals surface area (Å²) in [5, 5.41) is 12.6. The van der Waals surface area contributed by atoms with Gasteiger partial charge in [-0.2, -0.15) is 0 Å². The molecule has 0 bridgehead atoms. The van der Waals surface area contributed by atoms with Crippen LogP contribution in [0.3, 0.4) is 0 Å². The maximum atomic E-state index is 14.1. The van der Waals surface area contributed by atoms with Crippen molar-refractivity contribution in [3.8, 4) is 11.5 Å². The summed E-state index contributed by atoms with van der Waals surface area (Å²) in [6.45, 7) is 0. The second-order valence-corrected chi connectivity index (χ2v) is 13.4. The fourth-order valence-corrected chi connectivity index (χ4v) is 5.75. The number of aromatic nitrogens is 4. The largest absolute Gasteiger partial charge is 0.542 e. The summed E-state index contributed by atoms with van der Waals surface area (Å²) in [6.07, 6.45) is 6.41. The molecule has 2 heterocycles. The van der Waals surface area contributed by atoms with Crippen LogP contribution in [0.5, 0.6) is 11.5 Å². The Balaban J connectivity index is 1.11. The number of benzene rings is 2. The lowest BCUT2D eigenvalue weighted by molar-refractivity contribution is -0.0381. The Morgan fingerprint density at radius 1 is 0.698 bits per heavy atom. The normalized spacial score (nSPS) is 19.7. The second kappa shape index (κ2) is 16.8. The summed E-state index contributed by atoms with van der Waals surface area (Å²) in [5.74, 6) is -0.513. The highest BCUT2D eigenvalue weighted by Gasteiger charge is 2.32. The second-order valence-electron chi connectivity index (χ2n) is 11.5. The third-order valence-electron chi connectivity index (χ3n) is 8.05. The zero-order chi connectivity index (χ0) is 37.5. The first-order valence-corrected chi connectivity index (χ1v) is 17.8. The molecule has 2 saturated carbocycles. The van der Waals surface area contributed by atoms with Gasteiger partial charge in [0.1, 0.15) is 69.9 Å². The van der Waals surface area contributed by atoms with E-state index in [1.54, 1.807) is 14.2 Å². The van der Waals surface area contributed by atoms with Gasteiger partial charge in [-0.15, -0.1) is 8.42 Å². The van der Waals surface area contributed by atoms with Crippen LogP contribution in [0.2, 0.25) is 10.3 Å². The van der Waals surface area contributed by atoms with E-state index in [1.165, 1.54) is 36.4 Å². The Bertz CT molecular complexity index is 1970. The lowest BCUT2D eigenvalue weighted by atomic mass is 9.92. The minimum atomic E-state index is -4.90. The first-order chi connectivity index (χ1) is 25.5. The quantitative estimate of drug-likeness (QED) is 0.0752. The number of halogens is 4. The molecule has 2 aliphatic rings. The minimum Gasteiger partial charge on any atom is -0.488 e. The van der Waals surface area contributed by atoms with Crippen LogP contribution in [0.25, 0.3) is 0 Å². The molecule has 0 aliphatic heterocycles. The van der Waals surface area contributed by atoms with Crippen molar-refractivity contribution in [2.75, 3.05) is 24.9 Å². The molecule has 2 aromatic heterocycles. The summed E-state index contributed by atoms with van der Waals surface area (Å²) in [7, 11) is -1.69. The van der Waals surface area contributed by atoms with Gasteiger partial charge in [0.25, 0.3) is 0 Å². The summed E-state index contributed by atoms with van der Waals surface area (Å²) >= 11 is 12.5. The standard InChI is InChI=1S/C32H30Cl2F2N8O8S/c1-47-19-9-21(10-19)49-27-7-17(35)3-5-25(27)43-31-23(29(33)37-15-39-31)13-41-51-53(45,46)52-42-14-24-30(34)38-16-40-32(24)44-26-6-4-18(36)8-28(26)50-22-11-20(12-22)48-2/h3-8,13-16,19-22H,9-12H2,1-2H3,(H,37,39,43)(H,38,40,44)/b41-13+,42-14+. The van der Waals surface area contributed by atoms with Gasteiger partial charge in [0, 0.05) is 52.0 Å². The number of oxime groups is 2. The molecule has 280 valence electrons. The average Bonchev–Trinajstić information content (AvgIpc) is 3.08. The molecule has 16 nitrogen and oxygen atoms in total. The fourth-order valence-electron chi connectivity index (χ4n) is 5.06. The van der Waals surface area contributed by atoms with Gasteiger partial charge in [0.05, 0.1) is 47.1 Å². The van der Waals surface area contributed by atoms with Gasteiger partial charge < -0.3 is 29.6 Å². The number of ether oxygens (including phenoxy) is 4. The van der Waals surface area contributed by atoms with Crippen LogP contribution in [-0.2, 0) is 28.4 Å². The number of nitrogens with one attached hydrogen (secondary N) is 2. The van der Waals surface area contributed by atoms with Crippen molar-refractivity contribution in [2.24, 2.45) is 10.3 Å². The molecule has 2 N–H and O–H groups in total. The van der Waals surface area contributed by atoms with E-state index < -0.39 is 22.0 Å². The fraction of sp³-hybridized carbons (Fsp3) is 0.312. The predicted octanol–water partition coefficient (Wildman–Crippen LogP) is 6.10. The van der Waals surface area contributed by atoms with Gasteiger partial charge >= 0.3 is 10.4 Å². The van der Waals surface area contributed by atoms with E-state index in [2.05, 4.69) is 49.4 Å². The van der Waals surface area contributed by atoms with Gasteiger partial charge in [-0.1, -0.05) is 33.5 Å². The lowest BCUT2D eigenvalue weighted by Crippen LogP contribution is -2.38. The van der Waals surface area contributed by atoms with Crippen molar-refractivity contribution in [3.05, 3.63) is 82.1 Å². The maximum Gasteiger partial charge on any atom is 0.542 e. The zero-order valence-corrected chi connectivity index (χ0v) is 30.1. The topological polar surface area (TPSA) is 190 Å². The van der Waals surface area contributed by atoms with Crippen molar-refractivity contribution in [3.63, 3.8) is 0 Å². The van der Waals surface area contributed by atoms with Gasteiger partial charge in [0.2, 0.25) is 0 Å². The highest BCUT2D eigenvalue weighted by atomic mass is 35.5. The molecule has 0 spiro atoms. The van der Waals surface area contributed by atoms with Gasteiger partial charge in [-0.3, -0.25) is 0 Å². The molecule has 2 aromatic carbocycles. The summed E-state index contributed by atoms with van der Waals surface area (Å²) in [5.41, 5.74) is 0.689. The number of anilines is 4. The van der Waals surface area contributed by atoms with Crippen molar-refractivity contribution >= 4 is 69.0 Å². The van der Waals surface area contributed by atoms with E-state index in [9.17, 15) is 17.2 Å². The molecule has 0 atom stereocenters. The molecule has 0 amide bonds. The summed E-state index contributed by atoms with van der Waals surface area (Å²) < 4.78 is 84.7. The molecule has 0 unspecified atom stereocenters. The zero-order valence-electron chi connectivity index (χ0n) is 27.8. The molecule has 2 aliphatic carbocycles. The summed E-state index contributed by atoms with van der Waals surface area (Å²) in [4.78, 5) is 16.0. The average molecular weight is 796 g/mol. The molecule has 6 rings (SSSR count). The van der Waals surface area contributed by atoms with E-state index in [0.29, 0.717) is 37.1 Å². The van der Waals surface area contributed by atoms with Crippen LogP contribution in [0.4, 0.5) is 31.8 Å². The Morgan fingerprint density at radius 2 is 1.11 bits per heavy atom. The van der Waals surface area contributed by atoms with Crippen LogP contribution < -0.4 is 20.1 Å². The predicted molar refractivity (Wildman–Crippen MR) is 189 cm³/mol. The maximum absolute atomic E-state index is 14.1. The molecule has 53 heavy (non-hydrogen) atoms. The van der Waals surface area contributed by atoms with E-state index in [-0.39, 0.29) is 69.0 Å². The lowest BCUT2D eigenvalue weighted by Gasteiger charge is -2.34. The molecule has 4 aromatic rings. The van der Waals surface area contributed by atoms with E-state index >= 15 is 0 Å². The highest BCUT2D eigenvalue weighted by molar-refractivity contribution is 7.81. The van der Waals surface area contributed by atoms with Gasteiger partial charge in [0.15, 0.2) is 0 Å². The Labute approximate surface area is 311 Å². The van der Waals surface area contributed by atoms with Crippen LogP contribution in [0.15, 0.2) is 59.4 Å². The Kier molecular flexibility index (Phi) is 12.0. The third kappa shape index (κ3) is 9.73. The van der Waals surface area contributed by atoms with Crippen molar-refractivity contribution in [1.82, 2.24) is 19.9 Å². The van der Waals surface area contributed by atoms with Gasteiger partial charge in [-0.05, 0) is 24.3 Å². The van der Waals surface area contributed by atoms with Crippen molar-refractivity contribution in [1.29, 1.82) is 0 Å². The van der Waals surface area contributed by atoms with Gasteiger partial charge in [-0.25, -0.2) is 37.3 Å². The van der Waals surface area contributed by atoms with Crippen LogP contribution >= 0.6 is 23.2 Å². The molecule has 21 heteroatoms. The first kappa shape index (κ1) is 37.8. The first-order valence-electron chi connectivity index (χ1n) is 15.7. The molecular formula is C32H30Cl2F2N8O8S. The van der Waals surface area contributed by atoms with Crippen LogP contribution in [-0.4, -0.2) is 79.4 Å². The Hall–Kier alpha value is -4.95.